The van der Waals surface area contributed by atoms with Gasteiger partial charge in [-0.25, -0.2) is 9.18 Å². The highest BCUT2D eigenvalue weighted by atomic mass is 19.1. The molecule has 0 aliphatic carbocycles. The van der Waals surface area contributed by atoms with Crippen molar-refractivity contribution < 1.29 is 19.3 Å². The Hall–Kier alpha value is -2.29. The second-order valence-corrected chi connectivity index (χ2v) is 7.48. The molecule has 3 rings (SSSR count). The maximum atomic E-state index is 12.8. The Balaban J connectivity index is 1.68. The molecule has 1 aliphatic heterocycles. The van der Waals surface area contributed by atoms with Gasteiger partial charge in [-0.3, -0.25) is 13.9 Å². The summed E-state index contributed by atoms with van der Waals surface area (Å²) >= 11 is 0. The Labute approximate surface area is 168 Å². The van der Waals surface area contributed by atoms with Gasteiger partial charge in [0.15, 0.2) is 0 Å². The number of aryl methyl sites for hydroxylation is 2. The third kappa shape index (κ3) is 4.83. The van der Waals surface area contributed by atoms with Crippen molar-refractivity contribution in [3.05, 3.63) is 68.0 Å². The van der Waals surface area contributed by atoms with E-state index >= 15 is 0 Å². The molecule has 0 saturated carbocycles. The molecular weight excluding hydrogens is 379 g/mol. The van der Waals surface area contributed by atoms with Gasteiger partial charge in [-0.05, 0) is 37.3 Å². The fourth-order valence-electron chi connectivity index (χ4n) is 3.61. The number of halogens is 1. The van der Waals surface area contributed by atoms with E-state index in [9.17, 15) is 24.2 Å². The van der Waals surface area contributed by atoms with Crippen LogP contribution in [0.4, 0.5) is 4.39 Å². The Morgan fingerprint density at radius 1 is 1.17 bits per heavy atom. The Morgan fingerprint density at radius 2 is 1.86 bits per heavy atom. The maximum Gasteiger partial charge on any atom is 0.333 e. The molecule has 2 heterocycles. The SMILES string of the molecule is Cc1cn([C@H]2C[C@H](O)[C@@H](CO)O2)c(=O)n(CCCCc2ccc(CF)cc2)c1=O. The highest BCUT2D eigenvalue weighted by Crippen LogP contribution is 2.27. The van der Waals surface area contributed by atoms with E-state index < -0.39 is 30.8 Å². The van der Waals surface area contributed by atoms with Crippen molar-refractivity contribution >= 4 is 0 Å². The zero-order valence-electron chi connectivity index (χ0n) is 16.5. The number of hydrogen-bond acceptors (Lipinski definition) is 5. The monoisotopic (exact) mass is 406 g/mol. The first kappa shape index (κ1) is 21.4. The summed E-state index contributed by atoms with van der Waals surface area (Å²) in [6.07, 6.45) is 1.50. The van der Waals surface area contributed by atoms with Crippen molar-refractivity contribution in [2.24, 2.45) is 0 Å². The van der Waals surface area contributed by atoms with Gasteiger partial charge in [0.2, 0.25) is 0 Å². The van der Waals surface area contributed by atoms with Crippen molar-refractivity contribution in [2.45, 2.75) is 64.3 Å². The Morgan fingerprint density at radius 3 is 2.48 bits per heavy atom. The van der Waals surface area contributed by atoms with E-state index in [1.165, 1.54) is 15.3 Å². The number of aliphatic hydroxyl groups is 2. The number of ether oxygens (including phenoxy) is 1. The number of hydrogen-bond donors (Lipinski definition) is 2. The van der Waals surface area contributed by atoms with Crippen molar-refractivity contribution in [3.8, 4) is 0 Å². The fourth-order valence-corrected chi connectivity index (χ4v) is 3.61. The standard InChI is InChI=1S/C21H27FN2O5/c1-14-12-24(19-10-17(26)18(13-25)29-19)21(28)23(20(14)27)9-3-2-4-15-5-7-16(11-22)8-6-15/h5-8,12,17-19,25-26H,2-4,9-11,13H2,1H3/t17-,18+,19+/m0/s1. The molecule has 1 aromatic carbocycles. The summed E-state index contributed by atoms with van der Waals surface area (Å²) in [4.78, 5) is 25.3. The van der Waals surface area contributed by atoms with Gasteiger partial charge in [-0.2, -0.15) is 0 Å². The third-order valence-electron chi connectivity index (χ3n) is 5.34. The first-order valence-corrected chi connectivity index (χ1v) is 9.85. The van der Waals surface area contributed by atoms with Crippen LogP contribution in [0.3, 0.4) is 0 Å². The minimum Gasteiger partial charge on any atom is -0.394 e. The first-order valence-electron chi connectivity index (χ1n) is 9.85. The second-order valence-electron chi connectivity index (χ2n) is 7.48. The summed E-state index contributed by atoms with van der Waals surface area (Å²) in [5.74, 6) is 0. The van der Waals surface area contributed by atoms with Crippen molar-refractivity contribution in [1.82, 2.24) is 9.13 Å². The highest BCUT2D eigenvalue weighted by Gasteiger charge is 2.35. The summed E-state index contributed by atoms with van der Waals surface area (Å²) in [5.41, 5.74) is 1.32. The molecule has 1 aromatic heterocycles. The van der Waals surface area contributed by atoms with E-state index in [0.29, 0.717) is 17.5 Å². The van der Waals surface area contributed by atoms with Gasteiger partial charge in [0.25, 0.3) is 5.56 Å². The molecule has 0 amide bonds. The van der Waals surface area contributed by atoms with Crippen molar-refractivity contribution in [3.63, 3.8) is 0 Å². The van der Waals surface area contributed by atoms with E-state index in [2.05, 4.69) is 0 Å². The van der Waals surface area contributed by atoms with Crippen LogP contribution in [0.5, 0.6) is 0 Å². The molecule has 0 spiro atoms. The van der Waals surface area contributed by atoms with Gasteiger partial charge in [0, 0.05) is 24.7 Å². The minimum absolute atomic E-state index is 0.178. The van der Waals surface area contributed by atoms with E-state index in [4.69, 9.17) is 4.74 Å². The van der Waals surface area contributed by atoms with Gasteiger partial charge >= 0.3 is 5.69 Å². The van der Waals surface area contributed by atoms with Gasteiger partial charge in [-0.15, -0.1) is 0 Å². The van der Waals surface area contributed by atoms with Crippen molar-refractivity contribution in [2.75, 3.05) is 6.61 Å². The van der Waals surface area contributed by atoms with Crippen molar-refractivity contribution in [1.29, 1.82) is 0 Å². The van der Waals surface area contributed by atoms with E-state index in [1.54, 1.807) is 19.1 Å². The lowest BCUT2D eigenvalue weighted by Crippen LogP contribution is -2.42. The van der Waals surface area contributed by atoms with Gasteiger partial charge in [0.1, 0.15) is 19.0 Å². The van der Waals surface area contributed by atoms with Crippen LogP contribution >= 0.6 is 0 Å². The quantitative estimate of drug-likeness (QED) is 0.648. The number of rotatable bonds is 8. The largest absolute Gasteiger partial charge is 0.394 e. The molecule has 158 valence electrons. The van der Waals surface area contributed by atoms with Gasteiger partial charge in [0.05, 0.1) is 12.7 Å². The molecule has 7 nitrogen and oxygen atoms in total. The molecule has 2 aromatic rings. The lowest BCUT2D eigenvalue weighted by Gasteiger charge is -2.17. The second kappa shape index (κ2) is 9.47. The molecular formula is C21H27FN2O5. The van der Waals surface area contributed by atoms with E-state index in [-0.39, 0.29) is 25.1 Å². The number of unbranched alkanes of at least 4 members (excludes halogenated alkanes) is 1. The molecule has 29 heavy (non-hydrogen) atoms. The smallest absolute Gasteiger partial charge is 0.333 e. The number of nitrogens with zero attached hydrogens (tertiary/aromatic N) is 2. The van der Waals surface area contributed by atoms with E-state index in [0.717, 1.165) is 18.4 Å². The average molecular weight is 406 g/mol. The topological polar surface area (TPSA) is 93.7 Å². The number of alkyl halides is 1. The van der Waals surface area contributed by atoms with Crippen LogP contribution < -0.4 is 11.2 Å². The van der Waals surface area contributed by atoms with Crippen LogP contribution in [0.15, 0.2) is 40.1 Å². The molecule has 0 bridgehead atoms. The number of aliphatic hydroxyl groups excluding tert-OH is 2. The molecule has 1 saturated heterocycles. The lowest BCUT2D eigenvalue weighted by atomic mass is 10.1. The van der Waals surface area contributed by atoms with Crippen LogP contribution in [0.2, 0.25) is 0 Å². The van der Waals surface area contributed by atoms with E-state index in [1.807, 2.05) is 12.1 Å². The summed E-state index contributed by atoms with van der Waals surface area (Å²) < 4.78 is 20.7. The molecule has 8 heteroatoms. The highest BCUT2D eigenvalue weighted by molar-refractivity contribution is 5.22. The molecule has 2 N–H and O–H groups in total. The normalized spacial score (nSPS) is 21.6. The summed E-state index contributed by atoms with van der Waals surface area (Å²) in [5, 5.41) is 19.2. The Kier molecular flexibility index (Phi) is 7.00. The lowest BCUT2D eigenvalue weighted by molar-refractivity contribution is -0.0464. The predicted octanol–water partition coefficient (Wildman–Crippen LogP) is 1.45. The predicted molar refractivity (Wildman–Crippen MR) is 106 cm³/mol. The maximum absolute atomic E-state index is 12.8. The van der Waals surface area contributed by atoms with Crippen LogP contribution in [-0.4, -0.2) is 38.2 Å². The Bertz CT molecular complexity index is 938. The molecule has 1 aliphatic rings. The number of benzene rings is 1. The average Bonchev–Trinajstić information content (AvgIpc) is 3.11. The van der Waals surface area contributed by atoms with Crippen LogP contribution in [-0.2, 0) is 24.4 Å². The zero-order valence-corrected chi connectivity index (χ0v) is 16.5. The number of aromatic nitrogens is 2. The third-order valence-corrected chi connectivity index (χ3v) is 5.34. The minimum atomic E-state index is -0.860. The van der Waals surface area contributed by atoms with Gasteiger partial charge < -0.3 is 14.9 Å². The van der Waals surface area contributed by atoms with Crippen LogP contribution in [0, 0.1) is 6.92 Å². The summed E-state index contributed by atoms with van der Waals surface area (Å²) in [6, 6.07) is 7.30. The molecule has 1 fully saturated rings. The fraction of sp³-hybridized carbons (Fsp3) is 0.524. The molecule has 3 atom stereocenters. The first-order chi connectivity index (χ1) is 13.9. The summed E-state index contributed by atoms with van der Waals surface area (Å²) in [6.45, 7) is 1.09. The zero-order chi connectivity index (χ0) is 21.0. The van der Waals surface area contributed by atoms with Crippen LogP contribution in [0.25, 0.3) is 0 Å². The summed E-state index contributed by atoms with van der Waals surface area (Å²) in [7, 11) is 0. The van der Waals surface area contributed by atoms with Crippen LogP contribution in [0.1, 0.15) is 42.2 Å². The molecule has 0 unspecified atom stereocenters. The molecule has 0 radical (unpaired) electrons. The van der Waals surface area contributed by atoms with Gasteiger partial charge in [-0.1, -0.05) is 24.3 Å².